The zero-order valence-electron chi connectivity index (χ0n) is 9.51. The molecule has 0 aliphatic rings. The Kier molecular flexibility index (Phi) is 2.85. The third-order valence-electron chi connectivity index (χ3n) is 2.61. The minimum Gasteiger partial charge on any atom is -0.244 e. The fourth-order valence-electron chi connectivity index (χ4n) is 1.78. The summed E-state index contributed by atoms with van der Waals surface area (Å²) in [5.41, 5.74) is 1.19. The first-order valence-electron chi connectivity index (χ1n) is 5.14. The second kappa shape index (κ2) is 3.90. The molecule has 0 aliphatic heterocycles. The largest absolute Gasteiger partial charge is 0.244 e. The Morgan fingerprint density at radius 2 is 1.75 bits per heavy atom. The average molecular weight is 254 g/mol. The molecule has 84 valence electrons. The molecule has 0 radical (unpaired) electrons. The maximum atomic E-state index is 6.08. The van der Waals surface area contributed by atoms with E-state index in [0.717, 1.165) is 21.4 Å². The number of fused-ring (bicyclic) bond motifs is 1. The van der Waals surface area contributed by atoms with E-state index < -0.39 is 0 Å². The van der Waals surface area contributed by atoms with Gasteiger partial charge >= 0.3 is 0 Å². The van der Waals surface area contributed by atoms with Gasteiger partial charge in [0.05, 0.1) is 0 Å². The predicted molar refractivity (Wildman–Crippen MR) is 70.5 cm³/mol. The molecule has 0 aliphatic carbocycles. The van der Waals surface area contributed by atoms with Gasteiger partial charge in [-0.05, 0) is 34.6 Å². The molecule has 1 aromatic carbocycles. The van der Waals surface area contributed by atoms with Crippen LogP contribution >= 0.6 is 23.2 Å². The highest BCUT2D eigenvalue weighted by Crippen LogP contribution is 2.33. The minimum atomic E-state index is 0.0283. The van der Waals surface area contributed by atoms with Gasteiger partial charge in [0, 0.05) is 16.6 Å². The Labute approximate surface area is 105 Å². The van der Waals surface area contributed by atoms with E-state index in [2.05, 4.69) is 25.8 Å². The van der Waals surface area contributed by atoms with Gasteiger partial charge in [-0.15, -0.1) is 0 Å². The molecule has 1 nitrogen and oxygen atoms in total. The summed E-state index contributed by atoms with van der Waals surface area (Å²) >= 11 is 12.1. The molecule has 3 heteroatoms. The summed E-state index contributed by atoms with van der Waals surface area (Å²) in [4.78, 5) is 4.23. The molecule has 0 spiro atoms. The zero-order chi connectivity index (χ0) is 11.9. The van der Waals surface area contributed by atoms with Gasteiger partial charge in [-0.1, -0.05) is 44.0 Å². The van der Waals surface area contributed by atoms with Crippen LogP contribution in [0.4, 0.5) is 0 Å². The second-order valence-electron chi connectivity index (χ2n) is 4.90. The number of rotatable bonds is 0. The van der Waals surface area contributed by atoms with E-state index in [1.807, 2.05) is 24.4 Å². The molecule has 0 saturated heterocycles. The summed E-state index contributed by atoms with van der Waals surface area (Å²) in [5, 5.41) is 3.29. The normalized spacial score (nSPS) is 12.1. The summed E-state index contributed by atoms with van der Waals surface area (Å²) in [6.45, 7) is 6.45. The molecule has 0 atom stereocenters. The van der Waals surface area contributed by atoms with E-state index in [1.54, 1.807) is 0 Å². The van der Waals surface area contributed by atoms with Gasteiger partial charge in [0.25, 0.3) is 0 Å². The first-order chi connectivity index (χ1) is 7.39. The highest BCUT2D eigenvalue weighted by atomic mass is 35.5. The van der Waals surface area contributed by atoms with Crippen LogP contribution in [-0.4, -0.2) is 4.98 Å². The second-order valence-corrected chi connectivity index (χ2v) is 5.70. The van der Waals surface area contributed by atoms with Crippen molar-refractivity contribution in [3.63, 3.8) is 0 Å². The third-order valence-corrected chi connectivity index (χ3v) is 3.15. The summed E-state index contributed by atoms with van der Waals surface area (Å²) in [6, 6.07) is 5.71. The molecule has 0 fully saturated rings. The minimum absolute atomic E-state index is 0.0283. The number of benzene rings is 1. The van der Waals surface area contributed by atoms with Crippen molar-refractivity contribution in [1.82, 2.24) is 4.98 Å². The number of hydrogen-bond acceptors (Lipinski definition) is 1. The summed E-state index contributed by atoms with van der Waals surface area (Å²) in [6.07, 6.45) is 1.83. The van der Waals surface area contributed by atoms with Crippen LogP contribution in [0.5, 0.6) is 0 Å². The Morgan fingerprint density at radius 1 is 1.06 bits per heavy atom. The van der Waals surface area contributed by atoms with Crippen LogP contribution in [-0.2, 0) is 5.41 Å². The molecule has 16 heavy (non-hydrogen) atoms. The molecule has 0 saturated carbocycles. The molecular formula is C13H13Cl2N. The van der Waals surface area contributed by atoms with E-state index in [9.17, 15) is 0 Å². The Hall–Kier alpha value is -0.790. The van der Waals surface area contributed by atoms with Crippen molar-refractivity contribution >= 4 is 34.0 Å². The summed E-state index contributed by atoms with van der Waals surface area (Å²) in [5.74, 6) is 0. The average Bonchev–Trinajstić information content (AvgIpc) is 2.15. The fourth-order valence-corrected chi connectivity index (χ4v) is 2.16. The highest BCUT2D eigenvalue weighted by Gasteiger charge is 2.18. The number of halogens is 2. The molecular weight excluding hydrogens is 241 g/mol. The fraction of sp³-hybridized carbons (Fsp3) is 0.308. The topological polar surface area (TPSA) is 12.9 Å². The molecule has 1 aromatic heterocycles. The quantitative estimate of drug-likeness (QED) is 0.613. The van der Waals surface area contributed by atoms with Gasteiger partial charge in [0.2, 0.25) is 0 Å². The lowest BCUT2D eigenvalue weighted by atomic mass is 9.85. The first kappa shape index (κ1) is 11.7. The third kappa shape index (κ3) is 2.02. The van der Waals surface area contributed by atoms with Crippen LogP contribution in [0.25, 0.3) is 10.8 Å². The van der Waals surface area contributed by atoms with Crippen molar-refractivity contribution in [3.8, 4) is 0 Å². The van der Waals surface area contributed by atoms with Crippen molar-refractivity contribution in [1.29, 1.82) is 0 Å². The molecule has 0 amide bonds. The lowest BCUT2D eigenvalue weighted by Crippen LogP contribution is -2.12. The lowest BCUT2D eigenvalue weighted by molar-refractivity contribution is 0.593. The molecule has 0 unspecified atom stereocenters. The van der Waals surface area contributed by atoms with Gasteiger partial charge in [-0.2, -0.15) is 0 Å². The highest BCUT2D eigenvalue weighted by molar-refractivity contribution is 6.35. The van der Waals surface area contributed by atoms with Crippen LogP contribution in [0.3, 0.4) is 0 Å². The Morgan fingerprint density at radius 3 is 2.38 bits per heavy atom. The van der Waals surface area contributed by atoms with Crippen molar-refractivity contribution < 1.29 is 0 Å². The zero-order valence-corrected chi connectivity index (χ0v) is 11.0. The Balaban J connectivity index is 2.86. The van der Waals surface area contributed by atoms with Crippen LogP contribution in [0.1, 0.15) is 26.3 Å². The molecule has 0 bridgehead atoms. The molecule has 2 rings (SSSR count). The maximum absolute atomic E-state index is 6.08. The van der Waals surface area contributed by atoms with Crippen molar-refractivity contribution in [2.45, 2.75) is 26.2 Å². The van der Waals surface area contributed by atoms with Crippen LogP contribution in [0.2, 0.25) is 10.2 Å². The number of aromatic nitrogens is 1. The van der Waals surface area contributed by atoms with Crippen LogP contribution in [0.15, 0.2) is 24.4 Å². The smallest absolute Gasteiger partial charge is 0.136 e. The number of pyridine rings is 1. The van der Waals surface area contributed by atoms with E-state index in [1.165, 1.54) is 0 Å². The van der Waals surface area contributed by atoms with Crippen molar-refractivity contribution in [2.24, 2.45) is 0 Å². The monoisotopic (exact) mass is 253 g/mol. The van der Waals surface area contributed by atoms with Gasteiger partial charge < -0.3 is 0 Å². The Bertz CT molecular complexity index is 541. The van der Waals surface area contributed by atoms with Gasteiger partial charge in [-0.3, -0.25) is 0 Å². The summed E-state index contributed by atoms with van der Waals surface area (Å²) < 4.78 is 0. The lowest BCUT2D eigenvalue weighted by Gasteiger charge is -2.21. The van der Waals surface area contributed by atoms with E-state index in [-0.39, 0.29) is 5.41 Å². The number of nitrogens with zero attached hydrogens (tertiary/aromatic N) is 1. The van der Waals surface area contributed by atoms with Gasteiger partial charge in [0.1, 0.15) is 5.15 Å². The maximum Gasteiger partial charge on any atom is 0.136 e. The van der Waals surface area contributed by atoms with E-state index in [4.69, 9.17) is 23.2 Å². The van der Waals surface area contributed by atoms with E-state index in [0.29, 0.717) is 5.15 Å². The standard InChI is InChI=1S/C13H13Cl2N/c1-13(2,3)11-7-16-12(15)9-5-4-8(14)6-10(9)11/h4-7H,1-3H3. The first-order valence-corrected chi connectivity index (χ1v) is 5.89. The van der Waals surface area contributed by atoms with Crippen LogP contribution < -0.4 is 0 Å². The molecule has 1 heterocycles. The molecule has 2 aromatic rings. The van der Waals surface area contributed by atoms with Gasteiger partial charge in [0.15, 0.2) is 0 Å². The number of hydrogen-bond donors (Lipinski definition) is 0. The summed E-state index contributed by atoms with van der Waals surface area (Å²) in [7, 11) is 0. The van der Waals surface area contributed by atoms with Crippen LogP contribution in [0, 0.1) is 0 Å². The van der Waals surface area contributed by atoms with E-state index >= 15 is 0 Å². The van der Waals surface area contributed by atoms with Crippen molar-refractivity contribution in [3.05, 3.63) is 40.1 Å². The molecule has 0 N–H and O–H groups in total. The SMILES string of the molecule is CC(C)(C)c1cnc(Cl)c2ccc(Cl)cc12. The van der Waals surface area contributed by atoms with Gasteiger partial charge in [-0.25, -0.2) is 4.98 Å². The predicted octanol–water partition coefficient (Wildman–Crippen LogP) is 4.84. The van der Waals surface area contributed by atoms with Crippen molar-refractivity contribution in [2.75, 3.05) is 0 Å².